The van der Waals surface area contributed by atoms with E-state index >= 15 is 0 Å². The highest BCUT2D eigenvalue weighted by atomic mass is 16.5. The minimum absolute atomic E-state index is 0.584. The van der Waals surface area contributed by atoms with Gasteiger partial charge in [-0.15, -0.1) is 0 Å². The van der Waals surface area contributed by atoms with Crippen LogP contribution >= 0.6 is 0 Å². The molecule has 3 rings (SSSR count). The normalized spacial score (nSPS) is 10.6. The van der Waals surface area contributed by atoms with Crippen LogP contribution in [0.1, 0.15) is 0 Å². The number of rotatable bonds is 2. The van der Waals surface area contributed by atoms with Crippen molar-refractivity contribution in [3.63, 3.8) is 0 Å². The van der Waals surface area contributed by atoms with Crippen LogP contribution in [0.4, 0.5) is 0 Å². The zero-order valence-corrected chi connectivity index (χ0v) is 9.00. The molecule has 3 aromatic rings. The fourth-order valence-electron chi connectivity index (χ4n) is 2.02. The third-order valence-corrected chi connectivity index (χ3v) is 2.74. The van der Waals surface area contributed by atoms with Crippen LogP contribution in [0.3, 0.4) is 0 Å². The summed E-state index contributed by atoms with van der Waals surface area (Å²) in [5.41, 5.74) is 0.747. The van der Waals surface area contributed by atoms with Crippen molar-refractivity contribution in [3.05, 3.63) is 48.7 Å². The number of aromatic nitrogens is 1. The van der Waals surface area contributed by atoms with E-state index in [-0.39, 0.29) is 0 Å². The first-order valence-corrected chi connectivity index (χ1v) is 5.29. The molecule has 0 aliphatic carbocycles. The van der Waals surface area contributed by atoms with Gasteiger partial charge in [-0.3, -0.25) is 4.98 Å². The van der Waals surface area contributed by atoms with E-state index in [4.69, 9.17) is 9.68 Å². The Bertz CT molecular complexity index is 630. The maximum atomic E-state index is 8.86. The second kappa shape index (κ2) is 4.07. The van der Waals surface area contributed by atoms with E-state index in [1.165, 1.54) is 0 Å². The molecular formula is C13H9BNO2. The minimum atomic E-state index is 0.584. The van der Waals surface area contributed by atoms with Crippen LogP contribution in [0, 0.1) is 0 Å². The summed E-state index contributed by atoms with van der Waals surface area (Å²) in [6.45, 7) is 0. The maximum Gasteiger partial charge on any atom is 0.569 e. The van der Waals surface area contributed by atoms with Crippen molar-refractivity contribution in [2.24, 2.45) is 0 Å². The quantitative estimate of drug-likeness (QED) is 0.534. The summed E-state index contributed by atoms with van der Waals surface area (Å²) >= 11 is 0. The molecule has 0 atom stereocenters. The maximum absolute atomic E-state index is 8.86. The van der Waals surface area contributed by atoms with Gasteiger partial charge in [0, 0.05) is 17.0 Å². The number of fused-ring (bicyclic) bond motifs is 2. The fraction of sp³-hybridized carbons (Fsp3) is 0. The summed E-state index contributed by atoms with van der Waals surface area (Å²) in [6, 6.07) is 13.8. The van der Waals surface area contributed by atoms with Gasteiger partial charge in [0.15, 0.2) is 0 Å². The average molecular weight is 222 g/mol. The molecule has 2 aromatic carbocycles. The van der Waals surface area contributed by atoms with Crippen LogP contribution in [-0.4, -0.2) is 17.7 Å². The van der Waals surface area contributed by atoms with Crippen LogP contribution in [-0.2, 0) is 0 Å². The van der Waals surface area contributed by atoms with Crippen LogP contribution < -0.4 is 4.65 Å². The third-order valence-electron chi connectivity index (χ3n) is 2.74. The van der Waals surface area contributed by atoms with Crippen LogP contribution in [0.15, 0.2) is 48.7 Å². The topological polar surface area (TPSA) is 42.4 Å². The molecule has 0 amide bonds. The molecule has 4 heteroatoms. The lowest BCUT2D eigenvalue weighted by atomic mass is 10.1. The Kier molecular flexibility index (Phi) is 2.42. The molecule has 0 fully saturated rings. The zero-order valence-electron chi connectivity index (χ0n) is 9.00. The minimum Gasteiger partial charge on any atom is -0.535 e. The number of benzene rings is 2. The summed E-state index contributed by atoms with van der Waals surface area (Å²) < 4.78 is 5.20. The number of hydrogen-bond acceptors (Lipinski definition) is 3. The predicted molar refractivity (Wildman–Crippen MR) is 67.8 cm³/mol. The number of pyridine rings is 1. The van der Waals surface area contributed by atoms with Crippen molar-refractivity contribution in [2.45, 2.75) is 0 Å². The smallest absolute Gasteiger partial charge is 0.535 e. The molecule has 81 valence electrons. The van der Waals surface area contributed by atoms with Gasteiger partial charge >= 0.3 is 7.69 Å². The summed E-state index contributed by atoms with van der Waals surface area (Å²) in [5, 5.41) is 11.8. The molecular weight excluding hydrogens is 213 g/mol. The molecule has 0 saturated carbocycles. The largest absolute Gasteiger partial charge is 0.569 e. The van der Waals surface area contributed by atoms with E-state index in [2.05, 4.69) is 11.1 Å². The molecule has 17 heavy (non-hydrogen) atoms. The molecule has 0 saturated heterocycles. The van der Waals surface area contributed by atoms with E-state index in [0.29, 0.717) is 13.4 Å². The Labute approximate surface area is 99.0 Å². The monoisotopic (exact) mass is 222 g/mol. The van der Waals surface area contributed by atoms with Crippen molar-refractivity contribution < 1.29 is 9.68 Å². The lowest BCUT2D eigenvalue weighted by Crippen LogP contribution is -2.01. The lowest BCUT2D eigenvalue weighted by molar-refractivity contribution is 0.459. The van der Waals surface area contributed by atoms with E-state index in [1.54, 1.807) is 6.20 Å². The Morgan fingerprint density at radius 2 is 1.88 bits per heavy atom. The fourth-order valence-corrected chi connectivity index (χ4v) is 2.02. The van der Waals surface area contributed by atoms with E-state index in [9.17, 15) is 0 Å². The standard InChI is InChI=1S/C13H9BNO2/c16-14-17-13-11-6-2-1-4-9(11)8-10-5-3-7-15-12(10)13/h1-8,16H. The van der Waals surface area contributed by atoms with E-state index < -0.39 is 0 Å². The van der Waals surface area contributed by atoms with Crippen LogP contribution in [0.5, 0.6) is 5.75 Å². The first-order chi connectivity index (χ1) is 8.40. The highest BCUT2D eigenvalue weighted by Gasteiger charge is 2.09. The summed E-state index contributed by atoms with van der Waals surface area (Å²) in [4.78, 5) is 4.29. The van der Waals surface area contributed by atoms with Gasteiger partial charge in [-0.2, -0.15) is 0 Å². The highest BCUT2D eigenvalue weighted by molar-refractivity contribution is 6.19. The van der Waals surface area contributed by atoms with Gasteiger partial charge in [0.25, 0.3) is 0 Å². The first kappa shape index (κ1) is 10.1. The molecule has 0 aliphatic heterocycles. The van der Waals surface area contributed by atoms with Crippen molar-refractivity contribution >= 4 is 29.4 Å². The van der Waals surface area contributed by atoms with E-state index in [0.717, 1.165) is 21.7 Å². The molecule has 0 bridgehead atoms. The van der Waals surface area contributed by atoms with Gasteiger partial charge in [-0.25, -0.2) is 0 Å². The molecule has 0 aliphatic rings. The molecule has 1 heterocycles. The van der Waals surface area contributed by atoms with Gasteiger partial charge in [0.05, 0.1) is 0 Å². The van der Waals surface area contributed by atoms with Crippen molar-refractivity contribution in [2.75, 3.05) is 0 Å². The van der Waals surface area contributed by atoms with Crippen LogP contribution in [0.2, 0.25) is 0 Å². The first-order valence-electron chi connectivity index (χ1n) is 5.29. The molecule has 1 N–H and O–H groups in total. The summed E-state index contributed by atoms with van der Waals surface area (Å²) in [5.74, 6) is 0.584. The predicted octanol–water partition coefficient (Wildman–Crippen LogP) is 2.29. The SMILES string of the molecule is O[B]Oc1c2ccccc2cc2cccnc12. The van der Waals surface area contributed by atoms with E-state index in [1.807, 2.05) is 36.4 Å². The van der Waals surface area contributed by atoms with Crippen LogP contribution in [0.25, 0.3) is 21.7 Å². The van der Waals surface area contributed by atoms with Crippen molar-refractivity contribution in [1.82, 2.24) is 4.98 Å². The van der Waals surface area contributed by atoms with Crippen molar-refractivity contribution in [3.8, 4) is 5.75 Å². The van der Waals surface area contributed by atoms with Gasteiger partial charge in [-0.1, -0.05) is 30.3 Å². The zero-order chi connectivity index (χ0) is 11.7. The Morgan fingerprint density at radius 3 is 2.76 bits per heavy atom. The van der Waals surface area contributed by atoms with Gasteiger partial charge < -0.3 is 9.68 Å². The number of hydrogen-bond donors (Lipinski definition) is 1. The average Bonchev–Trinajstić information content (AvgIpc) is 2.39. The highest BCUT2D eigenvalue weighted by Crippen LogP contribution is 2.32. The third kappa shape index (κ3) is 1.63. The summed E-state index contributed by atoms with van der Waals surface area (Å²) in [6.07, 6.45) is 1.71. The molecule has 3 nitrogen and oxygen atoms in total. The summed E-state index contributed by atoms with van der Waals surface area (Å²) in [7, 11) is 0.690. The molecule has 1 radical (unpaired) electrons. The Morgan fingerprint density at radius 1 is 1.06 bits per heavy atom. The number of nitrogens with zero attached hydrogens (tertiary/aromatic N) is 1. The molecule has 0 unspecified atom stereocenters. The second-order valence-corrected chi connectivity index (χ2v) is 3.73. The van der Waals surface area contributed by atoms with Gasteiger partial charge in [-0.05, 0) is 17.5 Å². The Hall–Kier alpha value is -2.07. The van der Waals surface area contributed by atoms with Crippen molar-refractivity contribution in [1.29, 1.82) is 0 Å². The lowest BCUT2D eigenvalue weighted by Gasteiger charge is -2.09. The molecule has 0 spiro atoms. The second-order valence-electron chi connectivity index (χ2n) is 3.73. The molecule has 1 aromatic heterocycles. The van der Waals surface area contributed by atoms with Gasteiger partial charge in [0.2, 0.25) is 0 Å². The van der Waals surface area contributed by atoms with Gasteiger partial charge in [0.1, 0.15) is 11.3 Å². The Balaban J connectivity index is 2.47.